The van der Waals surface area contributed by atoms with E-state index < -0.39 is 0 Å². The van der Waals surface area contributed by atoms with Gasteiger partial charge < -0.3 is 5.32 Å². The molecule has 0 aliphatic carbocycles. The van der Waals surface area contributed by atoms with Crippen LogP contribution in [0.3, 0.4) is 0 Å². The largest absolute Gasteiger partial charge is 0.369 e. The Morgan fingerprint density at radius 1 is 1.45 bits per heavy atom. The van der Waals surface area contributed by atoms with Gasteiger partial charge in [-0.05, 0) is 35.8 Å². The predicted molar refractivity (Wildman–Crippen MR) is 90.7 cm³/mol. The maximum atomic E-state index is 4.84. The number of aromatic nitrogens is 2. The van der Waals surface area contributed by atoms with E-state index in [4.69, 9.17) is 9.97 Å². The summed E-state index contributed by atoms with van der Waals surface area (Å²) in [6.07, 6.45) is 0. The molecule has 1 saturated heterocycles. The highest BCUT2D eigenvalue weighted by molar-refractivity contribution is 9.10. The highest BCUT2D eigenvalue weighted by atomic mass is 79.9. The Bertz CT molecular complexity index is 467. The maximum absolute atomic E-state index is 4.84. The van der Waals surface area contributed by atoms with E-state index in [0.717, 1.165) is 40.7 Å². The molecule has 20 heavy (non-hydrogen) atoms. The molecule has 2 heterocycles. The molecule has 0 aromatic carbocycles. The second-order valence-electron chi connectivity index (χ2n) is 5.39. The molecule has 0 saturated carbocycles. The molecule has 6 heteroatoms. The van der Waals surface area contributed by atoms with Gasteiger partial charge in [-0.25, -0.2) is 9.97 Å². The molecule has 1 unspecified atom stereocenters. The van der Waals surface area contributed by atoms with Crippen molar-refractivity contribution in [2.24, 2.45) is 0 Å². The van der Waals surface area contributed by atoms with E-state index in [0.29, 0.717) is 12.0 Å². The molecule has 1 aliphatic heterocycles. The van der Waals surface area contributed by atoms with Crippen LogP contribution in [-0.4, -0.2) is 46.5 Å². The number of hydrogen-bond acceptors (Lipinski definition) is 5. The number of rotatable bonds is 4. The highest BCUT2D eigenvalue weighted by Gasteiger charge is 2.26. The third-order valence-electron chi connectivity index (χ3n) is 3.48. The van der Waals surface area contributed by atoms with Crippen molar-refractivity contribution in [1.29, 1.82) is 0 Å². The van der Waals surface area contributed by atoms with E-state index >= 15 is 0 Å². The van der Waals surface area contributed by atoms with E-state index in [9.17, 15) is 0 Å². The summed E-state index contributed by atoms with van der Waals surface area (Å²) < 4.78 is 1.00. The molecule has 1 aromatic heterocycles. The zero-order valence-corrected chi connectivity index (χ0v) is 15.0. The lowest BCUT2D eigenvalue weighted by Gasteiger charge is -2.31. The molecule has 112 valence electrons. The van der Waals surface area contributed by atoms with Crippen molar-refractivity contribution in [2.75, 3.05) is 37.0 Å². The number of hydrogen-bond donors (Lipinski definition) is 1. The molecule has 1 aliphatic rings. The van der Waals surface area contributed by atoms with Crippen LogP contribution in [0.15, 0.2) is 4.47 Å². The SMILES string of the molecule is CCNc1nc(C2CSCCN2C)nc(C(C)C)c1Br. The van der Waals surface area contributed by atoms with E-state index in [1.54, 1.807) is 0 Å². The lowest BCUT2D eigenvalue weighted by atomic mass is 10.1. The van der Waals surface area contributed by atoms with Crippen molar-refractivity contribution in [3.8, 4) is 0 Å². The van der Waals surface area contributed by atoms with Gasteiger partial charge in [-0.2, -0.15) is 11.8 Å². The minimum Gasteiger partial charge on any atom is -0.369 e. The molecular formula is C14H23BrN4S. The van der Waals surface area contributed by atoms with Gasteiger partial charge in [0, 0.05) is 24.6 Å². The topological polar surface area (TPSA) is 41.1 Å². The minimum atomic E-state index is 0.316. The van der Waals surface area contributed by atoms with Crippen LogP contribution in [0.1, 0.15) is 44.2 Å². The Morgan fingerprint density at radius 3 is 2.80 bits per heavy atom. The molecule has 1 atom stereocenters. The fraction of sp³-hybridized carbons (Fsp3) is 0.714. The van der Waals surface area contributed by atoms with E-state index in [-0.39, 0.29) is 0 Å². The van der Waals surface area contributed by atoms with Gasteiger partial charge in [-0.1, -0.05) is 13.8 Å². The molecule has 1 aromatic rings. The molecule has 1 fully saturated rings. The highest BCUT2D eigenvalue weighted by Crippen LogP contribution is 2.33. The fourth-order valence-electron chi connectivity index (χ4n) is 2.26. The van der Waals surface area contributed by atoms with Crippen LogP contribution in [0, 0.1) is 0 Å². The van der Waals surface area contributed by atoms with E-state index in [2.05, 4.69) is 54.0 Å². The van der Waals surface area contributed by atoms with Crippen molar-refractivity contribution in [2.45, 2.75) is 32.7 Å². The minimum absolute atomic E-state index is 0.316. The molecule has 0 spiro atoms. The van der Waals surface area contributed by atoms with Crippen molar-refractivity contribution in [1.82, 2.24) is 14.9 Å². The first-order chi connectivity index (χ1) is 9.54. The summed E-state index contributed by atoms with van der Waals surface area (Å²) in [5, 5.41) is 3.34. The number of anilines is 1. The van der Waals surface area contributed by atoms with Crippen LogP contribution in [0.2, 0.25) is 0 Å². The average Bonchev–Trinajstić information content (AvgIpc) is 2.41. The van der Waals surface area contributed by atoms with Gasteiger partial charge in [0.1, 0.15) is 11.6 Å². The first-order valence-electron chi connectivity index (χ1n) is 7.13. The summed E-state index contributed by atoms with van der Waals surface area (Å²) in [5.41, 5.74) is 1.09. The van der Waals surface area contributed by atoms with Crippen molar-refractivity contribution < 1.29 is 0 Å². The molecule has 0 amide bonds. The quantitative estimate of drug-likeness (QED) is 0.891. The number of nitrogens with zero attached hydrogens (tertiary/aromatic N) is 3. The van der Waals surface area contributed by atoms with Crippen LogP contribution in [-0.2, 0) is 0 Å². The monoisotopic (exact) mass is 358 g/mol. The van der Waals surface area contributed by atoms with Gasteiger partial charge in [-0.15, -0.1) is 0 Å². The molecule has 2 rings (SSSR count). The van der Waals surface area contributed by atoms with Crippen molar-refractivity contribution in [3.05, 3.63) is 16.0 Å². The lowest BCUT2D eigenvalue weighted by Crippen LogP contribution is -2.34. The Kier molecular flexibility index (Phi) is 5.69. The zero-order chi connectivity index (χ0) is 14.7. The summed E-state index contributed by atoms with van der Waals surface area (Å²) >= 11 is 5.64. The van der Waals surface area contributed by atoms with E-state index in [1.165, 1.54) is 5.75 Å². The summed E-state index contributed by atoms with van der Waals surface area (Å²) in [6, 6.07) is 0.316. The second kappa shape index (κ2) is 7.09. The average molecular weight is 359 g/mol. The Labute approximate surface area is 134 Å². The van der Waals surface area contributed by atoms with E-state index in [1.807, 2.05) is 11.8 Å². The lowest BCUT2D eigenvalue weighted by molar-refractivity contribution is 0.264. The van der Waals surface area contributed by atoms with Gasteiger partial charge in [-0.3, -0.25) is 4.90 Å². The Hall–Kier alpha value is -0.330. The molecule has 4 nitrogen and oxygen atoms in total. The second-order valence-corrected chi connectivity index (χ2v) is 7.33. The molecular weight excluding hydrogens is 336 g/mol. The fourth-order valence-corrected chi connectivity index (χ4v) is 4.24. The summed E-state index contributed by atoms with van der Waals surface area (Å²) in [5.74, 6) is 4.51. The molecule has 0 radical (unpaired) electrons. The van der Waals surface area contributed by atoms with Crippen molar-refractivity contribution >= 4 is 33.5 Å². The Morgan fingerprint density at radius 2 is 2.20 bits per heavy atom. The first kappa shape index (κ1) is 16.0. The summed E-state index contributed by atoms with van der Waals surface area (Å²) in [7, 11) is 2.16. The summed E-state index contributed by atoms with van der Waals surface area (Å²) in [4.78, 5) is 12.0. The van der Waals surface area contributed by atoms with Crippen LogP contribution in [0.4, 0.5) is 5.82 Å². The van der Waals surface area contributed by atoms with Gasteiger partial charge in [0.2, 0.25) is 0 Å². The number of thioether (sulfide) groups is 1. The Balaban J connectivity index is 2.41. The first-order valence-corrected chi connectivity index (χ1v) is 9.08. The van der Waals surface area contributed by atoms with Gasteiger partial charge in [0.25, 0.3) is 0 Å². The predicted octanol–water partition coefficient (Wildman–Crippen LogP) is 3.51. The van der Waals surface area contributed by atoms with Crippen LogP contribution in [0.25, 0.3) is 0 Å². The number of halogens is 1. The van der Waals surface area contributed by atoms with Crippen LogP contribution in [0.5, 0.6) is 0 Å². The van der Waals surface area contributed by atoms with Crippen LogP contribution >= 0.6 is 27.7 Å². The smallest absolute Gasteiger partial charge is 0.149 e. The maximum Gasteiger partial charge on any atom is 0.149 e. The normalized spacial score (nSPS) is 20.4. The third kappa shape index (κ3) is 3.46. The van der Waals surface area contributed by atoms with Crippen molar-refractivity contribution in [3.63, 3.8) is 0 Å². The molecule has 0 bridgehead atoms. The van der Waals surface area contributed by atoms with Gasteiger partial charge >= 0.3 is 0 Å². The van der Waals surface area contributed by atoms with Gasteiger partial charge in [0.15, 0.2) is 0 Å². The number of nitrogens with one attached hydrogen (secondary N) is 1. The summed E-state index contributed by atoms with van der Waals surface area (Å²) in [6.45, 7) is 8.40. The van der Waals surface area contributed by atoms with Gasteiger partial charge in [0.05, 0.1) is 16.2 Å². The zero-order valence-electron chi connectivity index (χ0n) is 12.6. The molecule has 1 N–H and O–H groups in total. The standard InChI is InChI=1S/C14H23BrN4S/c1-5-16-14-11(15)12(9(2)3)17-13(18-14)10-8-20-7-6-19(10)4/h9-10H,5-8H2,1-4H3,(H,16,17,18). The van der Waals surface area contributed by atoms with Crippen LogP contribution < -0.4 is 5.32 Å². The third-order valence-corrected chi connectivity index (χ3v) is 5.28.